The lowest BCUT2D eigenvalue weighted by molar-refractivity contribution is -0.108. The molecule has 2 aliphatic heterocycles. The van der Waals surface area contributed by atoms with Crippen molar-refractivity contribution in [1.29, 1.82) is 0 Å². The smallest absolute Gasteiger partial charge is 0.109 e. The number of rotatable bonds is 4. The van der Waals surface area contributed by atoms with Crippen molar-refractivity contribution in [3.63, 3.8) is 0 Å². The van der Waals surface area contributed by atoms with E-state index in [4.69, 9.17) is 14.2 Å². The van der Waals surface area contributed by atoms with Crippen LogP contribution in [0.2, 0.25) is 0 Å². The van der Waals surface area contributed by atoms with Crippen molar-refractivity contribution in [2.45, 2.75) is 38.3 Å². The summed E-state index contributed by atoms with van der Waals surface area (Å²) >= 11 is 0. The molecule has 2 unspecified atom stereocenters. The van der Waals surface area contributed by atoms with E-state index in [-0.39, 0.29) is 11.0 Å². The Hall–Kier alpha value is -0.160. The average Bonchev–Trinajstić information content (AvgIpc) is 2.71. The van der Waals surface area contributed by atoms with Crippen molar-refractivity contribution in [2.75, 3.05) is 40.1 Å². The zero-order chi connectivity index (χ0) is 12.4. The van der Waals surface area contributed by atoms with Crippen LogP contribution < -0.4 is 5.32 Å². The maximum atomic E-state index is 6.03. The quantitative estimate of drug-likeness (QED) is 0.805. The summed E-state index contributed by atoms with van der Waals surface area (Å²) in [6.07, 6.45) is 2.07. The van der Waals surface area contributed by atoms with Gasteiger partial charge in [-0.1, -0.05) is 13.8 Å². The van der Waals surface area contributed by atoms with Crippen LogP contribution in [0.25, 0.3) is 0 Å². The maximum absolute atomic E-state index is 6.03. The number of methoxy groups -OCH3 is 1. The summed E-state index contributed by atoms with van der Waals surface area (Å²) < 4.78 is 16.9. The van der Waals surface area contributed by atoms with Crippen molar-refractivity contribution in [3.8, 4) is 0 Å². The van der Waals surface area contributed by atoms with Crippen LogP contribution in [-0.4, -0.2) is 51.7 Å². The van der Waals surface area contributed by atoms with Crippen LogP contribution in [0.4, 0.5) is 0 Å². The SMILES string of the molecule is COCC(C)(C)CC1NCCOC12CCOC2. The van der Waals surface area contributed by atoms with Crippen LogP contribution >= 0.6 is 0 Å². The highest BCUT2D eigenvalue weighted by atomic mass is 16.6. The molecule has 0 aromatic carbocycles. The summed E-state index contributed by atoms with van der Waals surface area (Å²) in [5, 5.41) is 3.61. The molecule has 0 aromatic rings. The normalized spacial score (nSPS) is 34.4. The molecule has 0 amide bonds. The highest BCUT2D eigenvalue weighted by Gasteiger charge is 2.46. The first kappa shape index (κ1) is 13.3. The van der Waals surface area contributed by atoms with Crippen LogP contribution in [0.5, 0.6) is 0 Å². The highest BCUT2D eigenvalue weighted by molar-refractivity contribution is 5.00. The number of hydrogen-bond donors (Lipinski definition) is 1. The molecule has 0 aromatic heterocycles. The Labute approximate surface area is 104 Å². The molecule has 0 aliphatic carbocycles. The van der Waals surface area contributed by atoms with Gasteiger partial charge in [-0.15, -0.1) is 0 Å². The lowest BCUT2D eigenvalue weighted by Gasteiger charge is -2.44. The Morgan fingerprint density at radius 1 is 1.41 bits per heavy atom. The van der Waals surface area contributed by atoms with E-state index in [0.717, 1.165) is 45.8 Å². The second kappa shape index (κ2) is 5.22. The molecule has 17 heavy (non-hydrogen) atoms. The van der Waals surface area contributed by atoms with Gasteiger partial charge in [0.1, 0.15) is 5.60 Å². The fraction of sp³-hybridized carbons (Fsp3) is 1.00. The van der Waals surface area contributed by atoms with Gasteiger partial charge in [-0.2, -0.15) is 0 Å². The molecule has 0 bridgehead atoms. The predicted octanol–water partition coefficient (Wildman–Crippen LogP) is 1.20. The van der Waals surface area contributed by atoms with Gasteiger partial charge in [0.2, 0.25) is 0 Å². The molecule has 0 saturated carbocycles. The summed E-state index contributed by atoms with van der Waals surface area (Å²) in [4.78, 5) is 0. The van der Waals surface area contributed by atoms with E-state index in [1.54, 1.807) is 7.11 Å². The minimum Gasteiger partial charge on any atom is -0.384 e. The van der Waals surface area contributed by atoms with E-state index in [1.807, 2.05) is 0 Å². The first-order valence-corrected chi connectivity index (χ1v) is 6.52. The van der Waals surface area contributed by atoms with Crippen LogP contribution in [0.3, 0.4) is 0 Å². The molecule has 4 nitrogen and oxygen atoms in total. The van der Waals surface area contributed by atoms with Gasteiger partial charge in [-0.05, 0) is 11.8 Å². The standard InChI is InChI=1S/C13H25NO3/c1-12(2,9-15-3)8-11-13(4-6-16-10-13)17-7-5-14-11/h11,14H,4-10H2,1-3H3. The molecule has 0 radical (unpaired) electrons. The molecule has 2 atom stereocenters. The van der Waals surface area contributed by atoms with Gasteiger partial charge in [-0.3, -0.25) is 0 Å². The van der Waals surface area contributed by atoms with Crippen molar-refractivity contribution >= 4 is 0 Å². The predicted molar refractivity (Wildman–Crippen MR) is 66.2 cm³/mol. The Morgan fingerprint density at radius 3 is 2.88 bits per heavy atom. The van der Waals surface area contributed by atoms with Gasteiger partial charge in [-0.25, -0.2) is 0 Å². The van der Waals surface area contributed by atoms with Gasteiger partial charge in [0, 0.05) is 32.7 Å². The highest BCUT2D eigenvalue weighted by Crippen LogP contribution is 2.35. The van der Waals surface area contributed by atoms with E-state index in [2.05, 4.69) is 19.2 Å². The van der Waals surface area contributed by atoms with Crippen molar-refractivity contribution < 1.29 is 14.2 Å². The van der Waals surface area contributed by atoms with Crippen molar-refractivity contribution in [3.05, 3.63) is 0 Å². The molecule has 4 heteroatoms. The molecule has 2 rings (SSSR count). The van der Waals surface area contributed by atoms with Gasteiger partial charge in [0.05, 0.1) is 19.8 Å². The van der Waals surface area contributed by atoms with Crippen molar-refractivity contribution in [2.24, 2.45) is 5.41 Å². The summed E-state index contributed by atoms with van der Waals surface area (Å²) in [6.45, 7) is 8.56. The van der Waals surface area contributed by atoms with Gasteiger partial charge >= 0.3 is 0 Å². The molecular weight excluding hydrogens is 218 g/mol. The molecular formula is C13H25NO3. The second-order valence-electron chi connectivity index (χ2n) is 6.02. The molecule has 2 aliphatic rings. The largest absolute Gasteiger partial charge is 0.384 e. The number of ether oxygens (including phenoxy) is 3. The Bertz CT molecular complexity index is 249. The Balaban J connectivity index is 2.01. The minimum absolute atomic E-state index is 0.0940. The molecule has 2 saturated heterocycles. The summed E-state index contributed by atoms with van der Waals surface area (Å²) in [7, 11) is 1.76. The van der Waals surface area contributed by atoms with Gasteiger partial charge in [0.25, 0.3) is 0 Å². The minimum atomic E-state index is -0.0940. The lowest BCUT2D eigenvalue weighted by Crippen LogP contribution is -2.59. The first-order valence-electron chi connectivity index (χ1n) is 6.52. The summed E-state index contributed by atoms with van der Waals surface area (Å²) in [6, 6.07) is 0.379. The van der Waals surface area contributed by atoms with Crippen LogP contribution in [0.15, 0.2) is 0 Å². The van der Waals surface area contributed by atoms with Gasteiger partial charge < -0.3 is 19.5 Å². The number of morpholine rings is 1. The van der Waals surface area contributed by atoms with E-state index >= 15 is 0 Å². The van der Waals surface area contributed by atoms with E-state index < -0.39 is 0 Å². The first-order chi connectivity index (χ1) is 8.08. The van der Waals surface area contributed by atoms with Crippen molar-refractivity contribution in [1.82, 2.24) is 5.32 Å². The molecule has 2 fully saturated rings. The third-order valence-electron chi connectivity index (χ3n) is 3.83. The van der Waals surface area contributed by atoms with Crippen LogP contribution in [0, 0.1) is 5.41 Å². The lowest BCUT2D eigenvalue weighted by atomic mass is 9.78. The zero-order valence-corrected chi connectivity index (χ0v) is 11.3. The second-order valence-corrected chi connectivity index (χ2v) is 6.02. The fourth-order valence-corrected chi connectivity index (χ4v) is 2.99. The molecule has 1 spiro atoms. The summed E-state index contributed by atoms with van der Waals surface area (Å²) in [5.41, 5.74) is 0.0754. The van der Waals surface area contributed by atoms with Gasteiger partial charge in [0.15, 0.2) is 0 Å². The zero-order valence-electron chi connectivity index (χ0n) is 11.3. The maximum Gasteiger partial charge on any atom is 0.109 e. The average molecular weight is 243 g/mol. The van der Waals surface area contributed by atoms with Crippen LogP contribution in [0.1, 0.15) is 26.7 Å². The number of nitrogens with one attached hydrogen (secondary N) is 1. The molecule has 1 N–H and O–H groups in total. The van der Waals surface area contributed by atoms with Crippen LogP contribution in [-0.2, 0) is 14.2 Å². The topological polar surface area (TPSA) is 39.7 Å². The Morgan fingerprint density at radius 2 is 2.24 bits per heavy atom. The van der Waals surface area contributed by atoms with E-state index in [1.165, 1.54) is 0 Å². The Kier molecular flexibility index (Phi) is 4.08. The summed E-state index contributed by atoms with van der Waals surface area (Å²) in [5.74, 6) is 0. The van der Waals surface area contributed by atoms with E-state index in [9.17, 15) is 0 Å². The van der Waals surface area contributed by atoms with E-state index in [0.29, 0.717) is 6.04 Å². The third-order valence-corrected chi connectivity index (χ3v) is 3.83. The fourth-order valence-electron chi connectivity index (χ4n) is 2.99. The third kappa shape index (κ3) is 2.99. The monoisotopic (exact) mass is 243 g/mol. The molecule has 2 heterocycles. The molecule has 100 valence electrons. The number of hydrogen-bond acceptors (Lipinski definition) is 4.